The summed E-state index contributed by atoms with van der Waals surface area (Å²) in [6.07, 6.45) is 1.14. The van der Waals surface area contributed by atoms with E-state index in [1.165, 1.54) is 11.9 Å². The van der Waals surface area contributed by atoms with E-state index in [0.717, 1.165) is 0 Å². The van der Waals surface area contributed by atoms with Gasteiger partial charge in [-0.2, -0.15) is 0 Å². The fourth-order valence-electron chi connectivity index (χ4n) is 1.21. The molecular formula is C10H18NO3. The average molecular weight is 200 g/mol. The van der Waals surface area contributed by atoms with Gasteiger partial charge in [-0.05, 0) is 12.3 Å². The highest BCUT2D eigenvalue weighted by Crippen LogP contribution is 2.09. The Bertz CT molecular complexity index is 204. The Morgan fingerprint density at radius 2 is 2.00 bits per heavy atom. The molecule has 0 spiro atoms. The minimum absolute atomic E-state index is 0.00510. The van der Waals surface area contributed by atoms with Crippen LogP contribution in [-0.2, 0) is 9.59 Å². The normalized spacial score (nSPS) is 15.0. The molecule has 4 heteroatoms. The lowest BCUT2D eigenvalue weighted by Gasteiger charge is -2.27. The van der Waals surface area contributed by atoms with Crippen LogP contribution in [0.2, 0.25) is 0 Å². The molecule has 4 nitrogen and oxygen atoms in total. The molecule has 1 N–H and O–H groups in total. The van der Waals surface area contributed by atoms with E-state index in [2.05, 4.69) is 0 Å². The van der Waals surface area contributed by atoms with Gasteiger partial charge in [0.15, 0.2) is 0 Å². The zero-order valence-electron chi connectivity index (χ0n) is 9.15. The van der Waals surface area contributed by atoms with E-state index < -0.39 is 18.1 Å². The summed E-state index contributed by atoms with van der Waals surface area (Å²) in [5.74, 6) is -0.417. The van der Waals surface area contributed by atoms with Crippen molar-refractivity contribution in [3.8, 4) is 0 Å². The first-order valence-electron chi connectivity index (χ1n) is 4.78. The molecule has 0 aliphatic rings. The number of carbonyl (C=O) groups is 1. The highest BCUT2D eigenvalue weighted by atomic mass is 16.3. The fraction of sp³-hybridized carbons (Fsp3) is 0.800. The zero-order valence-corrected chi connectivity index (χ0v) is 9.15. The first kappa shape index (κ1) is 13.1. The molecule has 0 heterocycles. The number of amides is 1. The van der Waals surface area contributed by atoms with Crippen LogP contribution in [0.3, 0.4) is 0 Å². The number of rotatable bonds is 5. The first-order valence-corrected chi connectivity index (χ1v) is 4.78. The van der Waals surface area contributed by atoms with E-state index in [9.17, 15) is 14.7 Å². The fourth-order valence-corrected chi connectivity index (χ4v) is 1.21. The maximum absolute atomic E-state index is 11.5. The Balaban J connectivity index is 4.49. The summed E-state index contributed by atoms with van der Waals surface area (Å²) in [6, 6.07) is -0.580. The largest absolute Gasteiger partial charge is 0.383 e. The van der Waals surface area contributed by atoms with Gasteiger partial charge in [0, 0.05) is 7.05 Å². The summed E-state index contributed by atoms with van der Waals surface area (Å²) < 4.78 is 0. The number of likely N-dealkylation sites (N-methyl/N-ethyl adjacent to an activating group) is 1. The van der Waals surface area contributed by atoms with Crippen molar-refractivity contribution in [3.05, 3.63) is 0 Å². The third-order valence-corrected chi connectivity index (χ3v) is 2.19. The molecule has 0 saturated carbocycles. The van der Waals surface area contributed by atoms with Crippen LogP contribution < -0.4 is 0 Å². The molecule has 0 aromatic heterocycles. The Morgan fingerprint density at radius 1 is 1.50 bits per heavy atom. The molecule has 0 aliphatic carbocycles. The van der Waals surface area contributed by atoms with E-state index in [0.29, 0.717) is 6.42 Å². The van der Waals surface area contributed by atoms with Gasteiger partial charge in [0.1, 0.15) is 12.1 Å². The minimum atomic E-state index is -1.02. The second kappa shape index (κ2) is 5.75. The number of hydrogen-bond acceptors (Lipinski definition) is 3. The predicted octanol–water partition coefficient (Wildman–Crippen LogP) is 0.350. The molecule has 0 bridgehead atoms. The number of carbonyl (C=O) groups excluding carboxylic acids is 2. The monoisotopic (exact) mass is 200 g/mol. The van der Waals surface area contributed by atoms with E-state index in [1.807, 2.05) is 13.8 Å². The van der Waals surface area contributed by atoms with E-state index >= 15 is 0 Å². The Labute approximate surface area is 84.9 Å². The molecular weight excluding hydrogens is 182 g/mol. The number of aliphatic hydroxyl groups excluding tert-OH is 1. The third-order valence-electron chi connectivity index (χ3n) is 2.19. The lowest BCUT2D eigenvalue weighted by molar-refractivity contribution is -0.140. The molecule has 1 amide bonds. The molecule has 2 unspecified atom stereocenters. The van der Waals surface area contributed by atoms with E-state index in [4.69, 9.17) is 0 Å². The summed E-state index contributed by atoms with van der Waals surface area (Å²) in [6.45, 7) is 5.38. The average Bonchev–Trinajstić information content (AvgIpc) is 2.15. The van der Waals surface area contributed by atoms with Gasteiger partial charge >= 0.3 is 0 Å². The molecule has 0 fully saturated rings. The quantitative estimate of drug-likeness (QED) is 0.696. The van der Waals surface area contributed by atoms with Gasteiger partial charge in [0.2, 0.25) is 6.29 Å². The summed E-state index contributed by atoms with van der Waals surface area (Å²) >= 11 is 0. The maximum Gasteiger partial charge on any atom is 0.251 e. The van der Waals surface area contributed by atoms with E-state index in [-0.39, 0.29) is 5.92 Å². The lowest BCUT2D eigenvalue weighted by Crippen LogP contribution is -2.46. The van der Waals surface area contributed by atoms with Crippen molar-refractivity contribution >= 4 is 12.2 Å². The van der Waals surface area contributed by atoms with Crippen molar-refractivity contribution in [1.29, 1.82) is 0 Å². The van der Waals surface area contributed by atoms with Crippen LogP contribution in [0.15, 0.2) is 0 Å². The second-order valence-electron chi connectivity index (χ2n) is 3.68. The molecule has 0 aromatic carbocycles. The van der Waals surface area contributed by atoms with Crippen molar-refractivity contribution < 1.29 is 14.7 Å². The van der Waals surface area contributed by atoms with Crippen molar-refractivity contribution in [3.63, 3.8) is 0 Å². The van der Waals surface area contributed by atoms with Crippen LogP contribution >= 0.6 is 0 Å². The molecule has 81 valence electrons. The molecule has 0 aromatic rings. The zero-order chi connectivity index (χ0) is 11.3. The molecule has 0 aliphatic heterocycles. The van der Waals surface area contributed by atoms with Crippen molar-refractivity contribution in [2.75, 3.05) is 7.05 Å². The summed E-state index contributed by atoms with van der Waals surface area (Å²) in [4.78, 5) is 23.3. The van der Waals surface area contributed by atoms with Gasteiger partial charge in [-0.1, -0.05) is 20.8 Å². The van der Waals surface area contributed by atoms with Crippen molar-refractivity contribution in [2.45, 2.75) is 39.3 Å². The molecule has 2 atom stereocenters. The Hall–Kier alpha value is -0.900. The van der Waals surface area contributed by atoms with Gasteiger partial charge in [0.05, 0.1) is 0 Å². The van der Waals surface area contributed by atoms with Crippen molar-refractivity contribution in [2.24, 2.45) is 5.92 Å². The van der Waals surface area contributed by atoms with Crippen LogP contribution in [0.1, 0.15) is 27.2 Å². The second-order valence-corrected chi connectivity index (χ2v) is 3.68. The number of hydrogen-bond donors (Lipinski definition) is 1. The molecule has 1 radical (unpaired) electrons. The van der Waals surface area contributed by atoms with Gasteiger partial charge < -0.3 is 10.0 Å². The topological polar surface area (TPSA) is 57.6 Å². The SMILES string of the molecule is CCC(O)C(=O)N(C)C([C]=O)C(C)C. The highest BCUT2D eigenvalue weighted by molar-refractivity contribution is 5.83. The highest BCUT2D eigenvalue weighted by Gasteiger charge is 2.26. The van der Waals surface area contributed by atoms with Gasteiger partial charge in [-0.3, -0.25) is 9.59 Å². The van der Waals surface area contributed by atoms with Crippen LogP contribution in [0, 0.1) is 5.92 Å². The van der Waals surface area contributed by atoms with E-state index in [1.54, 1.807) is 13.2 Å². The Kier molecular flexibility index (Phi) is 5.38. The van der Waals surface area contributed by atoms with Crippen LogP contribution in [0.25, 0.3) is 0 Å². The summed E-state index contributed by atoms with van der Waals surface area (Å²) in [5, 5.41) is 9.30. The first-order chi connectivity index (χ1) is 6.45. The van der Waals surface area contributed by atoms with Gasteiger partial charge in [0.25, 0.3) is 5.91 Å². The van der Waals surface area contributed by atoms with Crippen LogP contribution in [0.5, 0.6) is 0 Å². The van der Waals surface area contributed by atoms with Crippen molar-refractivity contribution in [1.82, 2.24) is 4.90 Å². The summed E-state index contributed by atoms with van der Waals surface area (Å²) in [5.41, 5.74) is 0. The number of nitrogens with zero attached hydrogens (tertiary/aromatic N) is 1. The predicted molar refractivity (Wildman–Crippen MR) is 53.4 cm³/mol. The molecule has 14 heavy (non-hydrogen) atoms. The lowest BCUT2D eigenvalue weighted by atomic mass is 10.0. The molecule has 0 saturated heterocycles. The smallest absolute Gasteiger partial charge is 0.251 e. The number of aliphatic hydroxyl groups is 1. The Morgan fingerprint density at radius 3 is 2.29 bits per heavy atom. The third kappa shape index (κ3) is 3.10. The molecule has 0 rings (SSSR count). The minimum Gasteiger partial charge on any atom is -0.383 e. The van der Waals surface area contributed by atoms with Gasteiger partial charge in [-0.25, -0.2) is 0 Å². The van der Waals surface area contributed by atoms with Gasteiger partial charge in [-0.15, -0.1) is 0 Å². The maximum atomic E-state index is 11.5. The van der Waals surface area contributed by atoms with Crippen LogP contribution in [0.4, 0.5) is 0 Å². The summed E-state index contributed by atoms with van der Waals surface area (Å²) in [7, 11) is 1.51. The standard InChI is InChI=1S/C10H18NO3/c1-5-9(13)10(14)11(4)8(6-12)7(2)3/h7-9,13H,5H2,1-4H3. The van der Waals surface area contributed by atoms with Crippen LogP contribution in [-0.4, -0.2) is 41.4 Å².